The third-order valence-electron chi connectivity index (χ3n) is 4.73. The molecule has 25 heavy (non-hydrogen) atoms. The number of ether oxygens (including phenoxy) is 1. The highest BCUT2D eigenvalue weighted by atomic mass is 16.5. The maximum Gasteiger partial charge on any atom is 0.153 e. The van der Waals surface area contributed by atoms with Crippen molar-refractivity contribution in [2.75, 3.05) is 7.11 Å². The average molecular weight is 330 g/mol. The molecule has 1 aliphatic rings. The highest BCUT2D eigenvalue weighted by Gasteiger charge is 2.27. The maximum atomic E-state index is 11.4. The van der Waals surface area contributed by atoms with Crippen LogP contribution >= 0.6 is 0 Å². The monoisotopic (exact) mass is 330 g/mol. The Balaban J connectivity index is 1.87. The summed E-state index contributed by atoms with van der Waals surface area (Å²) in [6.45, 7) is 2.18. The van der Waals surface area contributed by atoms with E-state index in [4.69, 9.17) is 4.74 Å². The molecule has 1 saturated heterocycles. The highest BCUT2D eigenvalue weighted by Crippen LogP contribution is 2.37. The zero-order chi connectivity index (χ0) is 17.6. The minimum absolute atomic E-state index is 0.572. The first-order valence-corrected chi connectivity index (χ1v) is 8.77. The number of carbonyl (C=O) groups excluding carboxylic acids is 1. The number of carbonyl (C=O) groups is 1. The second-order valence-corrected chi connectivity index (χ2v) is 6.54. The van der Waals surface area contributed by atoms with Crippen LogP contribution in [0.4, 0.5) is 0 Å². The van der Waals surface area contributed by atoms with Gasteiger partial charge in [-0.3, -0.25) is 4.79 Å². The van der Waals surface area contributed by atoms with E-state index in [1.54, 1.807) is 7.11 Å². The van der Waals surface area contributed by atoms with Gasteiger partial charge in [0, 0.05) is 0 Å². The van der Waals surface area contributed by atoms with Crippen molar-refractivity contribution in [3.63, 3.8) is 0 Å². The lowest BCUT2D eigenvalue weighted by Crippen LogP contribution is -1.95. The fourth-order valence-corrected chi connectivity index (χ4v) is 3.24. The van der Waals surface area contributed by atoms with Crippen LogP contribution in [0.5, 0.6) is 0 Å². The van der Waals surface area contributed by atoms with Gasteiger partial charge in [0.05, 0.1) is 18.9 Å². The van der Waals surface area contributed by atoms with Crippen molar-refractivity contribution in [2.24, 2.45) is 0 Å². The lowest BCUT2D eigenvalue weighted by atomic mass is 9.89. The van der Waals surface area contributed by atoms with Gasteiger partial charge >= 0.3 is 0 Å². The minimum atomic E-state index is 0.572. The molecule has 0 spiro atoms. The fraction of sp³-hybridized carbons (Fsp3) is 0.227. The van der Waals surface area contributed by atoms with Gasteiger partial charge in [0.15, 0.2) is 6.29 Å². The molecule has 2 aromatic rings. The van der Waals surface area contributed by atoms with Gasteiger partial charge in [-0.15, -0.1) is 0 Å². The summed E-state index contributed by atoms with van der Waals surface area (Å²) in [4.78, 5) is 11.4. The molecular weight excluding hydrogens is 307 g/mol. The summed E-state index contributed by atoms with van der Waals surface area (Å²) in [7, 11) is 2.86. The van der Waals surface area contributed by atoms with Gasteiger partial charge in [-0.2, -0.15) is 0 Å². The number of hydrogen-bond acceptors (Lipinski definition) is 2. The van der Waals surface area contributed by atoms with E-state index in [9.17, 15) is 4.79 Å². The molecule has 1 unspecified atom stereocenters. The van der Waals surface area contributed by atoms with Gasteiger partial charge < -0.3 is 4.74 Å². The highest BCUT2D eigenvalue weighted by molar-refractivity contribution is 6.51. The standard InChI is InChI=1S/C22H23BO2/c1-16(19-8-5-6-10-21(19)22-13-23-22)11-12-17-7-3-4-9-20(17)18(14-24)15-25-2/h3-11,14-15,22-23H,12-13H2,1-2H3/b16-11+,18-15-. The van der Waals surface area contributed by atoms with Crippen LogP contribution in [0.25, 0.3) is 11.1 Å². The van der Waals surface area contributed by atoms with Crippen molar-refractivity contribution in [1.29, 1.82) is 0 Å². The lowest BCUT2D eigenvalue weighted by Gasteiger charge is -2.11. The van der Waals surface area contributed by atoms with Gasteiger partial charge in [-0.1, -0.05) is 60.9 Å². The minimum Gasteiger partial charge on any atom is -0.504 e. The quantitative estimate of drug-likeness (QED) is 0.325. The largest absolute Gasteiger partial charge is 0.504 e. The van der Waals surface area contributed by atoms with Gasteiger partial charge in [-0.05, 0) is 47.0 Å². The van der Waals surface area contributed by atoms with E-state index in [1.807, 2.05) is 18.2 Å². The van der Waals surface area contributed by atoms with E-state index in [1.165, 1.54) is 36.6 Å². The normalized spacial score (nSPS) is 17.0. The number of benzene rings is 2. The van der Waals surface area contributed by atoms with Crippen molar-refractivity contribution < 1.29 is 9.53 Å². The molecule has 0 aromatic heterocycles. The van der Waals surface area contributed by atoms with Crippen molar-refractivity contribution >= 4 is 24.7 Å². The predicted molar refractivity (Wildman–Crippen MR) is 106 cm³/mol. The summed E-state index contributed by atoms with van der Waals surface area (Å²) in [5.41, 5.74) is 6.74. The van der Waals surface area contributed by atoms with E-state index in [0.29, 0.717) is 5.57 Å². The number of rotatable bonds is 7. The molecule has 0 saturated carbocycles. The first-order chi connectivity index (χ1) is 12.2. The first-order valence-electron chi connectivity index (χ1n) is 8.77. The second kappa shape index (κ2) is 8.02. The molecule has 126 valence electrons. The topological polar surface area (TPSA) is 26.3 Å². The molecule has 0 N–H and O–H groups in total. The van der Waals surface area contributed by atoms with Gasteiger partial charge in [0.2, 0.25) is 0 Å². The summed E-state index contributed by atoms with van der Waals surface area (Å²) in [5.74, 6) is 0.734. The maximum absolute atomic E-state index is 11.4. The summed E-state index contributed by atoms with van der Waals surface area (Å²) in [5, 5.41) is 0. The Morgan fingerprint density at radius 2 is 1.84 bits per heavy atom. The predicted octanol–water partition coefficient (Wildman–Crippen LogP) is 4.43. The van der Waals surface area contributed by atoms with Crippen molar-refractivity contribution in [3.05, 3.63) is 83.1 Å². The molecular formula is C22H23BO2. The molecule has 2 nitrogen and oxygen atoms in total. The summed E-state index contributed by atoms with van der Waals surface area (Å²) >= 11 is 0. The summed E-state index contributed by atoms with van der Waals surface area (Å²) < 4.78 is 5.04. The lowest BCUT2D eigenvalue weighted by molar-refractivity contribution is -0.103. The number of methoxy groups -OCH3 is 1. The third kappa shape index (κ3) is 4.11. The van der Waals surface area contributed by atoms with E-state index in [2.05, 4.69) is 43.3 Å². The average Bonchev–Trinajstić information content (AvgIpc) is 3.49. The molecule has 3 heteroatoms. The van der Waals surface area contributed by atoms with E-state index >= 15 is 0 Å². The van der Waals surface area contributed by atoms with Crippen LogP contribution in [-0.2, 0) is 16.0 Å². The number of aldehydes is 1. The van der Waals surface area contributed by atoms with Crippen LogP contribution in [0.1, 0.15) is 35.0 Å². The zero-order valence-corrected chi connectivity index (χ0v) is 14.9. The number of hydrogen-bond donors (Lipinski definition) is 0. The van der Waals surface area contributed by atoms with Gasteiger partial charge in [0.25, 0.3) is 0 Å². The molecule has 0 amide bonds. The van der Waals surface area contributed by atoms with Crippen LogP contribution in [0.3, 0.4) is 0 Å². The second-order valence-electron chi connectivity index (χ2n) is 6.54. The Morgan fingerprint density at radius 3 is 2.52 bits per heavy atom. The molecule has 3 rings (SSSR count). The van der Waals surface area contributed by atoms with Crippen LogP contribution in [0, 0.1) is 0 Å². The van der Waals surface area contributed by atoms with Crippen LogP contribution in [-0.4, -0.2) is 20.7 Å². The smallest absolute Gasteiger partial charge is 0.153 e. The molecule has 1 fully saturated rings. The number of allylic oxidation sites excluding steroid dienone is 3. The summed E-state index contributed by atoms with van der Waals surface area (Å²) in [6, 6.07) is 16.7. The Hall–Kier alpha value is -2.55. The van der Waals surface area contributed by atoms with Crippen molar-refractivity contribution in [1.82, 2.24) is 0 Å². The molecule has 0 aliphatic carbocycles. The SMILES string of the molecule is CO/C=C(/C=O)c1ccccc1C/C=C(\C)c1ccccc1C1BC1. The molecule has 2 aromatic carbocycles. The van der Waals surface area contributed by atoms with Crippen LogP contribution < -0.4 is 0 Å². The fourth-order valence-electron chi connectivity index (χ4n) is 3.24. The van der Waals surface area contributed by atoms with E-state index in [0.717, 1.165) is 29.7 Å². The van der Waals surface area contributed by atoms with Crippen molar-refractivity contribution in [3.8, 4) is 0 Å². The molecule has 1 aliphatic heterocycles. The van der Waals surface area contributed by atoms with Crippen LogP contribution in [0.2, 0.25) is 6.32 Å². The molecule has 1 heterocycles. The Labute approximate surface area is 150 Å². The van der Waals surface area contributed by atoms with E-state index < -0.39 is 0 Å². The molecule has 0 bridgehead atoms. The Bertz CT molecular complexity index is 816. The Morgan fingerprint density at radius 1 is 1.16 bits per heavy atom. The molecule has 0 radical (unpaired) electrons. The first kappa shape index (κ1) is 17.3. The third-order valence-corrected chi connectivity index (χ3v) is 4.73. The van der Waals surface area contributed by atoms with E-state index in [-0.39, 0.29) is 0 Å². The molecule has 1 atom stereocenters. The Kier molecular flexibility index (Phi) is 5.54. The van der Waals surface area contributed by atoms with Crippen molar-refractivity contribution in [2.45, 2.75) is 25.5 Å². The van der Waals surface area contributed by atoms with Gasteiger partial charge in [-0.25, -0.2) is 0 Å². The summed E-state index contributed by atoms with van der Waals surface area (Å²) in [6.07, 6.45) is 6.70. The zero-order valence-electron chi connectivity index (χ0n) is 14.9. The van der Waals surface area contributed by atoms with Gasteiger partial charge in [0.1, 0.15) is 7.28 Å². The van der Waals surface area contributed by atoms with Crippen LogP contribution in [0.15, 0.2) is 60.9 Å².